The van der Waals surface area contributed by atoms with Crippen molar-refractivity contribution in [3.05, 3.63) is 32.6 Å². The zero-order valence-corrected chi connectivity index (χ0v) is 9.22. The number of rotatable bonds is 2. The number of primary amides is 1. The van der Waals surface area contributed by atoms with Crippen molar-refractivity contribution in [3.8, 4) is 0 Å². The topological polar surface area (TPSA) is 112 Å². The molecule has 0 unspecified atom stereocenters. The zero-order valence-electron chi connectivity index (χ0n) is 7.64. The van der Waals surface area contributed by atoms with E-state index >= 15 is 0 Å². The Labute approximate surface area is 96.5 Å². The smallest absolute Gasteiger partial charge is 0.408 e. The van der Waals surface area contributed by atoms with Crippen LogP contribution in [0, 0.1) is 10.1 Å². The van der Waals surface area contributed by atoms with Gasteiger partial charge in [0.2, 0.25) is 10.2 Å². The van der Waals surface area contributed by atoms with E-state index in [0.29, 0.717) is 5.39 Å². The molecule has 2 N–H and O–H groups in total. The molecule has 0 fully saturated rings. The molecule has 0 aliphatic carbocycles. The Kier molecular flexibility index (Phi) is 2.35. The van der Waals surface area contributed by atoms with E-state index in [9.17, 15) is 14.9 Å². The molecular weight excluding hydrogens is 282 g/mol. The minimum absolute atomic E-state index is 0.0676. The Hall–Kier alpha value is -1.96. The van der Waals surface area contributed by atoms with E-state index < -0.39 is 16.6 Å². The molecule has 7 nitrogen and oxygen atoms in total. The Morgan fingerprint density at radius 2 is 2.25 bits per heavy atom. The van der Waals surface area contributed by atoms with Crippen LogP contribution in [0.15, 0.2) is 21.2 Å². The van der Waals surface area contributed by atoms with Crippen molar-refractivity contribution < 1.29 is 14.1 Å². The lowest BCUT2D eigenvalue weighted by Gasteiger charge is -1.92. The molecule has 0 radical (unpaired) electrons. The van der Waals surface area contributed by atoms with Gasteiger partial charge in [0.05, 0.1) is 0 Å². The third kappa shape index (κ3) is 1.63. The van der Waals surface area contributed by atoms with Crippen molar-refractivity contribution in [2.45, 2.75) is 0 Å². The van der Waals surface area contributed by atoms with E-state index in [1.165, 1.54) is 12.1 Å². The fourth-order valence-electron chi connectivity index (χ4n) is 1.24. The second-order valence-corrected chi connectivity index (χ2v) is 3.73. The van der Waals surface area contributed by atoms with Gasteiger partial charge >= 0.3 is 5.82 Å². The molecule has 0 aliphatic rings. The van der Waals surface area contributed by atoms with Gasteiger partial charge in [-0.2, -0.15) is 0 Å². The molecule has 2 heterocycles. The van der Waals surface area contributed by atoms with Crippen LogP contribution in [-0.2, 0) is 0 Å². The average molecular weight is 286 g/mol. The van der Waals surface area contributed by atoms with E-state index in [1.54, 1.807) is 0 Å². The molecule has 0 aliphatic heterocycles. The number of hydrogen-bond donors (Lipinski definition) is 1. The van der Waals surface area contributed by atoms with Gasteiger partial charge < -0.3 is 20.3 Å². The lowest BCUT2D eigenvalue weighted by atomic mass is 10.3. The first-order valence-corrected chi connectivity index (χ1v) is 4.82. The average Bonchev–Trinajstić information content (AvgIpc) is 2.59. The number of hydrogen-bond acceptors (Lipinski definition) is 5. The number of amides is 1. The summed E-state index contributed by atoms with van der Waals surface area (Å²) in [7, 11) is 0. The van der Waals surface area contributed by atoms with Gasteiger partial charge in [-0.3, -0.25) is 4.79 Å². The Morgan fingerprint density at radius 3 is 2.81 bits per heavy atom. The lowest BCUT2D eigenvalue weighted by Crippen LogP contribution is -2.09. The molecule has 0 atom stereocenters. The molecular formula is C8H4BrN3O4. The molecule has 0 aromatic carbocycles. The van der Waals surface area contributed by atoms with Gasteiger partial charge in [0.25, 0.3) is 5.91 Å². The molecule has 0 saturated heterocycles. The van der Waals surface area contributed by atoms with E-state index in [1.807, 2.05) is 0 Å². The third-order valence-electron chi connectivity index (χ3n) is 1.87. The summed E-state index contributed by atoms with van der Waals surface area (Å²) in [5, 5.41) is 11.1. The first-order chi connectivity index (χ1) is 7.49. The molecule has 0 saturated carbocycles. The van der Waals surface area contributed by atoms with Crippen LogP contribution in [0.1, 0.15) is 10.6 Å². The third-order valence-corrected chi connectivity index (χ3v) is 2.27. The molecule has 2 aromatic rings. The fourth-order valence-corrected chi connectivity index (χ4v) is 1.66. The number of carbonyl (C=O) groups excluding carboxylic acids is 1. The second-order valence-electron chi connectivity index (χ2n) is 2.92. The highest BCUT2D eigenvalue weighted by molar-refractivity contribution is 9.10. The van der Waals surface area contributed by atoms with E-state index in [4.69, 9.17) is 10.2 Å². The van der Waals surface area contributed by atoms with E-state index in [-0.39, 0.29) is 15.9 Å². The predicted molar refractivity (Wildman–Crippen MR) is 56.9 cm³/mol. The summed E-state index contributed by atoms with van der Waals surface area (Å²) < 4.78 is 5.26. The monoisotopic (exact) mass is 285 g/mol. The van der Waals surface area contributed by atoms with Crippen molar-refractivity contribution in [2.75, 3.05) is 0 Å². The largest absolute Gasteiger partial charge is 0.442 e. The molecule has 0 bridgehead atoms. The highest BCUT2D eigenvalue weighted by Gasteiger charge is 2.21. The van der Waals surface area contributed by atoms with Crippen LogP contribution in [0.25, 0.3) is 11.0 Å². The molecule has 2 rings (SSSR count). The van der Waals surface area contributed by atoms with Gasteiger partial charge in [-0.1, -0.05) is 0 Å². The van der Waals surface area contributed by atoms with Gasteiger partial charge in [-0.05, 0) is 16.0 Å². The summed E-state index contributed by atoms with van der Waals surface area (Å²) in [5.74, 6) is -1.39. The highest BCUT2D eigenvalue weighted by Crippen LogP contribution is 2.29. The number of nitrogens with two attached hydrogens (primary N) is 1. The minimum atomic E-state index is -0.790. The summed E-state index contributed by atoms with van der Waals surface area (Å²) >= 11 is 3.02. The Morgan fingerprint density at radius 1 is 1.56 bits per heavy atom. The van der Waals surface area contributed by atoms with Crippen molar-refractivity contribution in [1.82, 2.24) is 4.98 Å². The SMILES string of the molecule is NC(=O)c1cc2cc(Br)nc([N+](=O)[O-])c2o1. The van der Waals surface area contributed by atoms with Crippen LogP contribution < -0.4 is 5.73 Å². The van der Waals surface area contributed by atoms with Crippen LogP contribution in [0.4, 0.5) is 5.82 Å². The van der Waals surface area contributed by atoms with Crippen molar-refractivity contribution >= 4 is 38.6 Å². The number of pyridine rings is 1. The number of carbonyl (C=O) groups is 1. The molecule has 2 aromatic heterocycles. The van der Waals surface area contributed by atoms with Gasteiger partial charge in [-0.15, -0.1) is 0 Å². The standard InChI is InChI=1S/C8H4BrN3O4/c9-5-2-3-1-4(7(10)13)16-6(3)8(11-5)12(14)15/h1-2H,(H2,10,13). The molecule has 16 heavy (non-hydrogen) atoms. The molecule has 8 heteroatoms. The normalized spacial score (nSPS) is 10.6. The zero-order chi connectivity index (χ0) is 11.9. The lowest BCUT2D eigenvalue weighted by molar-refractivity contribution is -0.388. The van der Waals surface area contributed by atoms with Crippen molar-refractivity contribution in [3.63, 3.8) is 0 Å². The maximum Gasteiger partial charge on any atom is 0.408 e. The molecule has 82 valence electrons. The summed E-state index contributed by atoms with van der Waals surface area (Å²) in [5.41, 5.74) is 4.94. The molecule has 1 amide bonds. The van der Waals surface area contributed by atoms with Gasteiger partial charge in [0.15, 0.2) is 5.76 Å². The summed E-state index contributed by atoms with van der Waals surface area (Å²) in [6, 6.07) is 2.83. The number of halogens is 1. The summed E-state index contributed by atoms with van der Waals surface area (Å²) in [6.45, 7) is 0. The van der Waals surface area contributed by atoms with Gasteiger partial charge in [0, 0.05) is 27.4 Å². The Balaban J connectivity index is 2.80. The first-order valence-electron chi connectivity index (χ1n) is 4.03. The number of aromatic nitrogens is 1. The summed E-state index contributed by atoms with van der Waals surface area (Å²) in [4.78, 5) is 24.5. The van der Waals surface area contributed by atoms with E-state index in [0.717, 1.165) is 0 Å². The number of nitro groups is 1. The Bertz CT molecular complexity index is 607. The van der Waals surface area contributed by atoms with Crippen LogP contribution >= 0.6 is 15.9 Å². The fraction of sp³-hybridized carbons (Fsp3) is 0. The van der Waals surface area contributed by atoms with Crippen LogP contribution in [0.2, 0.25) is 0 Å². The molecule has 0 spiro atoms. The van der Waals surface area contributed by atoms with Gasteiger partial charge in [-0.25, -0.2) is 0 Å². The van der Waals surface area contributed by atoms with Crippen LogP contribution in [-0.4, -0.2) is 15.8 Å². The number of fused-ring (bicyclic) bond motifs is 1. The van der Waals surface area contributed by atoms with Crippen LogP contribution in [0.5, 0.6) is 0 Å². The summed E-state index contributed by atoms with van der Waals surface area (Å²) in [6.07, 6.45) is 0. The van der Waals surface area contributed by atoms with Crippen molar-refractivity contribution in [2.24, 2.45) is 5.73 Å². The van der Waals surface area contributed by atoms with Crippen LogP contribution in [0.3, 0.4) is 0 Å². The highest BCUT2D eigenvalue weighted by atomic mass is 79.9. The maximum absolute atomic E-state index is 10.9. The van der Waals surface area contributed by atoms with E-state index in [2.05, 4.69) is 20.9 Å². The first kappa shape index (κ1) is 10.6. The minimum Gasteiger partial charge on any atom is -0.442 e. The quantitative estimate of drug-likeness (QED) is 0.511. The van der Waals surface area contributed by atoms with Crippen molar-refractivity contribution in [1.29, 1.82) is 0 Å². The number of furan rings is 1. The maximum atomic E-state index is 10.9. The number of nitrogens with zero attached hydrogens (tertiary/aromatic N) is 2. The predicted octanol–water partition coefficient (Wildman–Crippen LogP) is 1.60. The second kappa shape index (κ2) is 3.56. The van der Waals surface area contributed by atoms with Gasteiger partial charge in [0.1, 0.15) is 0 Å².